The largest absolute Gasteiger partial charge is 0.379 e. The van der Waals surface area contributed by atoms with Gasteiger partial charge in [0.25, 0.3) is 5.91 Å². The number of nitrogens with one attached hydrogen (secondary N) is 1. The highest BCUT2D eigenvalue weighted by Crippen LogP contribution is 2.45. The molecule has 2 heterocycles. The number of anilines is 1. The van der Waals surface area contributed by atoms with Crippen LogP contribution in [0.5, 0.6) is 0 Å². The summed E-state index contributed by atoms with van der Waals surface area (Å²) in [7, 11) is 0. The quantitative estimate of drug-likeness (QED) is 0.767. The van der Waals surface area contributed by atoms with Gasteiger partial charge in [0.2, 0.25) is 0 Å². The van der Waals surface area contributed by atoms with Gasteiger partial charge in [-0.25, -0.2) is 18.8 Å². The molecule has 1 aromatic carbocycles. The number of amides is 1. The molecular weight excluding hydrogens is 408 g/mol. The van der Waals surface area contributed by atoms with E-state index >= 15 is 0 Å². The monoisotopic (exact) mass is 429 g/mol. The van der Waals surface area contributed by atoms with E-state index in [0.717, 1.165) is 0 Å². The summed E-state index contributed by atoms with van der Waals surface area (Å²) in [6, 6.07) is 7.46. The number of nitrogens with zero attached hydrogens (tertiary/aromatic N) is 3. The number of aryl methyl sites for hydroxylation is 1. The van der Waals surface area contributed by atoms with Gasteiger partial charge in [-0.15, -0.1) is 0 Å². The number of halogens is 2. The number of amidine groups is 1. The number of carbonyl (C=O) groups excluding carboxylic acids is 1. The van der Waals surface area contributed by atoms with Crippen molar-refractivity contribution in [1.29, 1.82) is 5.26 Å². The number of hydrogen-bond acceptors (Lipinski definition) is 6. The van der Waals surface area contributed by atoms with Gasteiger partial charge in [0, 0.05) is 28.6 Å². The number of aromatic nitrogens is 1. The van der Waals surface area contributed by atoms with Crippen molar-refractivity contribution in [3.63, 3.8) is 0 Å². The van der Waals surface area contributed by atoms with Crippen LogP contribution in [0.15, 0.2) is 35.5 Å². The predicted molar refractivity (Wildman–Crippen MR) is 114 cm³/mol. The second-order valence-corrected chi connectivity index (χ2v) is 8.67. The Bertz CT molecular complexity index is 1070. The Kier molecular flexibility index (Phi) is 6.08. The predicted octanol–water partition coefficient (Wildman–Crippen LogP) is 3.90. The first-order chi connectivity index (χ1) is 14.2. The highest BCUT2D eigenvalue weighted by atomic mass is 32.2. The van der Waals surface area contributed by atoms with E-state index in [1.807, 2.05) is 19.9 Å². The fourth-order valence-electron chi connectivity index (χ4n) is 3.53. The van der Waals surface area contributed by atoms with Crippen LogP contribution in [0.2, 0.25) is 0 Å². The summed E-state index contributed by atoms with van der Waals surface area (Å²) in [6.07, 6.45) is 1.30. The summed E-state index contributed by atoms with van der Waals surface area (Å²) < 4.78 is 29.1. The molecule has 6 nitrogen and oxygen atoms in total. The number of pyridine rings is 1. The van der Waals surface area contributed by atoms with Crippen LogP contribution in [-0.2, 0) is 5.54 Å². The molecule has 3 rings (SSSR count). The molecule has 30 heavy (non-hydrogen) atoms. The molecule has 156 valence electrons. The number of nitriles is 1. The van der Waals surface area contributed by atoms with E-state index in [9.17, 15) is 13.6 Å². The average molecular weight is 429 g/mol. The average Bonchev–Trinajstić information content (AvgIpc) is 2.72. The molecule has 0 aliphatic carbocycles. The Morgan fingerprint density at radius 1 is 1.40 bits per heavy atom. The molecule has 1 unspecified atom stereocenters. The molecule has 0 bridgehead atoms. The van der Waals surface area contributed by atoms with E-state index in [0.29, 0.717) is 11.1 Å². The highest BCUT2D eigenvalue weighted by molar-refractivity contribution is 8.14. The number of carbonyl (C=O) groups is 1. The normalized spacial score (nSPS) is 23.4. The maximum absolute atomic E-state index is 14.8. The number of aliphatic imine (C=N–C) groups is 1. The number of thioether (sulfide) groups is 1. The molecule has 0 spiro atoms. The maximum atomic E-state index is 14.8. The lowest BCUT2D eigenvalue weighted by atomic mass is 9.78. The minimum absolute atomic E-state index is 0.0370. The van der Waals surface area contributed by atoms with Gasteiger partial charge in [-0.05, 0) is 36.8 Å². The fourth-order valence-corrected chi connectivity index (χ4v) is 4.56. The van der Waals surface area contributed by atoms with Gasteiger partial charge in [-0.1, -0.05) is 25.6 Å². The molecule has 0 radical (unpaired) electrons. The molecule has 1 aliphatic heterocycles. The molecule has 2 aromatic rings. The first-order valence-electron chi connectivity index (χ1n) is 9.28. The Morgan fingerprint density at radius 2 is 2.13 bits per heavy atom. The van der Waals surface area contributed by atoms with Crippen molar-refractivity contribution in [1.82, 2.24) is 4.98 Å². The van der Waals surface area contributed by atoms with Crippen molar-refractivity contribution in [2.24, 2.45) is 16.6 Å². The van der Waals surface area contributed by atoms with E-state index in [1.54, 1.807) is 13.0 Å². The third-order valence-corrected chi connectivity index (χ3v) is 6.50. The van der Waals surface area contributed by atoms with E-state index in [2.05, 4.69) is 15.3 Å². The number of rotatable bonds is 4. The molecule has 0 fully saturated rings. The van der Waals surface area contributed by atoms with Crippen LogP contribution in [0.25, 0.3) is 0 Å². The third-order valence-electron chi connectivity index (χ3n) is 5.39. The summed E-state index contributed by atoms with van der Waals surface area (Å²) >= 11 is 1.32. The Hall–Kier alpha value is -2.99. The van der Waals surface area contributed by atoms with Crippen molar-refractivity contribution in [2.75, 3.05) is 12.0 Å². The summed E-state index contributed by atoms with van der Waals surface area (Å²) in [4.78, 5) is 21.0. The van der Waals surface area contributed by atoms with Crippen molar-refractivity contribution in [2.45, 2.75) is 31.6 Å². The first kappa shape index (κ1) is 21.7. The SMILES string of the molecule is Cc1cc(C#N)cnc1C(=O)Nc1ccc(F)c([C@@]2(CF)N=C(N)SC(C)[C@H]2C)c1. The summed E-state index contributed by atoms with van der Waals surface area (Å²) in [6.45, 7) is 4.44. The minimum atomic E-state index is -1.47. The second-order valence-electron chi connectivity index (χ2n) is 7.27. The van der Waals surface area contributed by atoms with Crippen LogP contribution in [0, 0.1) is 30.0 Å². The zero-order valence-electron chi connectivity index (χ0n) is 16.7. The maximum Gasteiger partial charge on any atom is 0.274 e. The third kappa shape index (κ3) is 3.87. The van der Waals surface area contributed by atoms with Crippen LogP contribution in [0.3, 0.4) is 0 Å². The van der Waals surface area contributed by atoms with Crippen molar-refractivity contribution in [3.05, 3.63) is 58.7 Å². The van der Waals surface area contributed by atoms with Crippen LogP contribution in [0.4, 0.5) is 14.5 Å². The zero-order chi connectivity index (χ0) is 22.1. The molecule has 1 amide bonds. The van der Waals surface area contributed by atoms with Crippen molar-refractivity contribution >= 4 is 28.5 Å². The standard InChI is InChI=1S/C21H21F2N5OS/c1-11-6-14(8-24)9-26-18(11)19(29)27-15-4-5-17(23)16(7-15)21(10-22)12(2)13(3)30-20(25)28-21/h4-7,9,12-13H,10H2,1-3H3,(H2,25,28)(H,27,29)/t12-,13?,21+/m1/s1. The smallest absolute Gasteiger partial charge is 0.274 e. The zero-order valence-corrected chi connectivity index (χ0v) is 17.6. The molecule has 1 aromatic heterocycles. The molecule has 3 N–H and O–H groups in total. The van der Waals surface area contributed by atoms with Gasteiger partial charge in [-0.3, -0.25) is 4.79 Å². The van der Waals surface area contributed by atoms with E-state index in [-0.39, 0.29) is 33.3 Å². The van der Waals surface area contributed by atoms with Gasteiger partial charge >= 0.3 is 0 Å². The van der Waals surface area contributed by atoms with Crippen molar-refractivity contribution < 1.29 is 13.6 Å². The van der Waals surface area contributed by atoms with Gasteiger partial charge in [0.05, 0.1) is 5.56 Å². The molecule has 3 atom stereocenters. The lowest BCUT2D eigenvalue weighted by molar-refractivity contribution is 0.102. The lowest BCUT2D eigenvalue weighted by Crippen LogP contribution is -2.44. The molecule has 1 aliphatic rings. The van der Waals surface area contributed by atoms with Gasteiger partial charge in [0.15, 0.2) is 5.17 Å². The van der Waals surface area contributed by atoms with Crippen LogP contribution >= 0.6 is 11.8 Å². The van der Waals surface area contributed by atoms with Crippen LogP contribution in [0.1, 0.15) is 41.0 Å². The minimum Gasteiger partial charge on any atom is -0.379 e. The van der Waals surface area contributed by atoms with E-state index in [1.165, 1.54) is 36.2 Å². The Labute approximate surface area is 177 Å². The topological polar surface area (TPSA) is 104 Å². The molecular formula is C21H21F2N5OS. The molecule has 0 saturated carbocycles. The lowest BCUT2D eigenvalue weighted by Gasteiger charge is -2.40. The van der Waals surface area contributed by atoms with Crippen LogP contribution in [-0.4, -0.2) is 28.0 Å². The Morgan fingerprint density at radius 3 is 2.77 bits per heavy atom. The summed E-state index contributed by atoms with van der Waals surface area (Å²) in [5, 5.41) is 11.7. The summed E-state index contributed by atoms with van der Waals surface area (Å²) in [5.74, 6) is -1.48. The first-order valence-corrected chi connectivity index (χ1v) is 10.2. The van der Waals surface area contributed by atoms with Gasteiger partial charge < -0.3 is 11.1 Å². The van der Waals surface area contributed by atoms with E-state index < -0.39 is 23.9 Å². The van der Waals surface area contributed by atoms with Crippen molar-refractivity contribution in [3.8, 4) is 6.07 Å². The summed E-state index contributed by atoms with van der Waals surface area (Å²) in [5.41, 5.74) is 5.73. The number of hydrogen-bond donors (Lipinski definition) is 2. The molecule has 9 heteroatoms. The van der Waals surface area contributed by atoms with Crippen LogP contribution < -0.4 is 11.1 Å². The number of alkyl halides is 1. The van der Waals surface area contributed by atoms with Gasteiger partial charge in [0.1, 0.15) is 29.8 Å². The second kappa shape index (κ2) is 8.40. The fraction of sp³-hybridized carbons (Fsp3) is 0.333. The highest BCUT2D eigenvalue weighted by Gasteiger charge is 2.46. The van der Waals surface area contributed by atoms with E-state index in [4.69, 9.17) is 11.0 Å². The van der Waals surface area contributed by atoms with Gasteiger partial charge in [-0.2, -0.15) is 5.26 Å². The Balaban J connectivity index is 1.99. The number of benzene rings is 1. The number of nitrogens with two attached hydrogens (primary N) is 1. The molecule has 0 saturated heterocycles.